The first-order valence-electron chi connectivity index (χ1n) is 5.65. The van der Waals surface area contributed by atoms with Gasteiger partial charge < -0.3 is 5.32 Å². The van der Waals surface area contributed by atoms with E-state index < -0.39 is 0 Å². The molecule has 13 heavy (non-hydrogen) atoms. The summed E-state index contributed by atoms with van der Waals surface area (Å²) in [5.74, 6) is 0.871. The van der Waals surface area contributed by atoms with Crippen molar-refractivity contribution < 1.29 is 0 Å². The van der Waals surface area contributed by atoms with Gasteiger partial charge in [-0.2, -0.15) is 0 Å². The van der Waals surface area contributed by atoms with E-state index in [0.717, 1.165) is 12.5 Å². The SMILES string of the molecule is CNCC(C)=CC1CCCCCC1. The summed E-state index contributed by atoms with van der Waals surface area (Å²) in [6.07, 6.45) is 11.1. The Balaban J connectivity index is 2.35. The van der Waals surface area contributed by atoms with Crippen LogP contribution in [0.4, 0.5) is 0 Å². The van der Waals surface area contributed by atoms with Crippen molar-refractivity contribution in [1.82, 2.24) is 5.32 Å². The number of allylic oxidation sites excluding steroid dienone is 1. The maximum atomic E-state index is 3.20. The zero-order chi connectivity index (χ0) is 9.52. The number of likely N-dealkylation sites (N-methyl/N-ethyl adjacent to an activating group) is 1. The summed E-state index contributed by atoms with van der Waals surface area (Å²) in [6.45, 7) is 3.29. The second kappa shape index (κ2) is 6.20. The molecule has 0 heterocycles. The predicted octanol–water partition coefficient (Wildman–Crippen LogP) is 3.12. The molecule has 0 aromatic carbocycles. The summed E-state index contributed by atoms with van der Waals surface area (Å²) < 4.78 is 0. The molecule has 0 aromatic heterocycles. The minimum Gasteiger partial charge on any atom is -0.316 e. The molecule has 0 bridgehead atoms. The van der Waals surface area contributed by atoms with Gasteiger partial charge in [0.15, 0.2) is 0 Å². The van der Waals surface area contributed by atoms with E-state index >= 15 is 0 Å². The standard InChI is InChI=1S/C12H23N/c1-11(10-13-2)9-12-7-5-3-4-6-8-12/h9,12-13H,3-8,10H2,1-2H3. The fourth-order valence-electron chi connectivity index (χ4n) is 2.22. The van der Waals surface area contributed by atoms with Crippen LogP contribution in [0.15, 0.2) is 11.6 Å². The molecule has 0 aliphatic heterocycles. The fraction of sp³-hybridized carbons (Fsp3) is 0.833. The molecule has 1 heteroatoms. The van der Waals surface area contributed by atoms with Crippen molar-refractivity contribution in [2.24, 2.45) is 5.92 Å². The Morgan fingerprint density at radius 2 is 1.85 bits per heavy atom. The van der Waals surface area contributed by atoms with E-state index in [1.54, 1.807) is 0 Å². The quantitative estimate of drug-likeness (QED) is 0.521. The normalized spacial score (nSPS) is 21.5. The van der Waals surface area contributed by atoms with Gasteiger partial charge in [0.2, 0.25) is 0 Å². The minimum atomic E-state index is 0.871. The first kappa shape index (κ1) is 10.8. The van der Waals surface area contributed by atoms with Crippen LogP contribution in [0.5, 0.6) is 0 Å². The van der Waals surface area contributed by atoms with Crippen molar-refractivity contribution in [3.8, 4) is 0 Å². The third-order valence-corrected chi connectivity index (χ3v) is 2.88. The molecule has 1 fully saturated rings. The molecule has 1 N–H and O–H groups in total. The van der Waals surface area contributed by atoms with Crippen molar-refractivity contribution in [1.29, 1.82) is 0 Å². The Morgan fingerprint density at radius 1 is 1.23 bits per heavy atom. The highest BCUT2D eigenvalue weighted by atomic mass is 14.8. The highest BCUT2D eigenvalue weighted by molar-refractivity contribution is 5.03. The van der Waals surface area contributed by atoms with E-state index in [-0.39, 0.29) is 0 Å². The van der Waals surface area contributed by atoms with Crippen LogP contribution >= 0.6 is 0 Å². The fourth-order valence-corrected chi connectivity index (χ4v) is 2.22. The summed E-state index contributed by atoms with van der Waals surface area (Å²) in [5.41, 5.74) is 1.51. The lowest BCUT2D eigenvalue weighted by Crippen LogP contribution is -2.09. The van der Waals surface area contributed by atoms with E-state index in [9.17, 15) is 0 Å². The summed E-state index contributed by atoms with van der Waals surface area (Å²) in [7, 11) is 2.02. The van der Waals surface area contributed by atoms with Crippen molar-refractivity contribution >= 4 is 0 Å². The molecule has 0 atom stereocenters. The lowest BCUT2D eigenvalue weighted by molar-refractivity contribution is 0.554. The second-order valence-electron chi connectivity index (χ2n) is 4.29. The van der Waals surface area contributed by atoms with Crippen LogP contribution in [-0.2, 0) is 0 Å². The van der Waals surface area contributed by atoms with Gasteiger partial charge in [-0.05, 0) is 32.7 Å². The van der Waals surface area contributed by atoms with Crippen molar-refractivity contribution in [2.75, 3.05) is 13.6 Å². The topological polar surface area (TPSA) is 12.0 Å². The van der Waals surface area contributed by atoms with Gasteiger partial charge in [-0.25, -0.2) is 0 Å². The molecule has 1 saturated carbocycles. The monoisotopic (exact) mass is 181 g/mol. The number of hydrogen-bond acceptors (Lipinski definition) is 1. The van der Waals surface area contributed by atoms with Crippen LogP contribution in [0.3, 0.4) is 0 Å². The Hall–Kier alpha value is -0.300. The number of nitrogens with one attached hydrogen (secondary N) is 1. The molecule has 1 rings (SSSR count). The lowest BCUT2D eigenvalue weighted by atomic mass is 9.98. The van der Waals surface area contributed by atoms with Gasteiger partial charge in [-0.15, -0.1) is 0 Å². The van der Waals surface area contributed by atoms with Gasteiger partial charge in [0.05, 0.1) is 0 Å². The van der Waals surface area contributed by atoms with Gasteiger partial charge in [-0.3, -0.25) is 0 Å². The molecule has 1 nitrogen and oxygen atoms in total. The lowest BCUT2D eigenvalue weighted by Gasteiger charge is -2.10. The summed E-state index contributed by atoms with van der Waals surface area (Å²) in [6, 6.07) is 0. The maximum absolute atomic E-state index is 3.20. The molecule has 0 aromatic rings. The Morgan fingerprint density at radius 3 is 2.38 bits per heavy atom. The van der Waals surface area contributed by atoms with Crippen molar-refractivity contribution in [3.05, 3.63) is 11.6 Å². The first-order chi connectivity index (χ1) is 6.33. The zero-order valence-corrected chi connectivity index (χ0v) is 9.10. The third-order valence-electron chi connectivity index (χ3n) is 2.88. The van der Waals surface area contributed by atoms with E-state index in [1.165, 1.54) is 44.1 Å². The highest BCUT2D eigenvalue weighted by Gasteiger charge is 2.09. The van der Waals surface area contributed by atoms with E-state index in [1.807, 2.05) is 7.05 Å². The minimum absolute atomic E-state index is 0.871. The van der Waals surface area contributed by atoms with Crippen LogP contribution in [0.2, 0.25) is 0 Å². The Bertz CT molecular complexity index is 153. The van der Waals surface area contributed by atoms with Gasteiger partial charge in [0.1, 0.15) is 0 Å². The van der Waals surface area contributed by atoms with Gasteiger partial charge in [0.25, 0.3) is 0 Å². The molecule has 0 radical (unpaired) electrons. The number of hydrogen-bond donors (Lipinski definition) is 1. The molecule has 0 spiro atoms. The third kappa shape index (κ3) is 4.47. The van der Waals surface area contributed by atoms with E-state index in [2.05, 4.69) is 18.3 Å². The van der Waals surface area contributed by atoms with Crippen molar-refractivity contribution in [3.63, 3.8) is 0 Å². The molecule has 0 amide bonds. The second-order valence-corrected chi connectivity index (χ2v) is 4.29. The van der Waals surface area contributed by atoms with Gasteiger partial charge in [0, 0.05) is 6.54 Å². The summed E-state index contributed by atoms with van der Waals surface area (Å²) in [4.78, 5) is 0. The van der Waals surface area contributed by atoms with Crippen LogP contribution in [0, 0.1) is 5.92 Å². The van der Waals surface area contributed by atoms with E-state index in [0.29, 0.717) is 0 Å². The Labute approximate surface area is 82.6 Å². The van der Waals surface area contributed by atoms with Crippen LogP contribution < -0.4 is 5.32 Å². The first-order valence-corrected chi connectivity index (χ1v) is 5.65. The number of rotatable bonds is 3. The molecule has 0 unspecified atom stereocenters. The summed E-state index contributed by atoms with van der Waals surface area (Å²) >= 11 is 0. The molecule has 1 aliphatic rings. The van der Waals surface area contributed by atoms with Crippen LogP contribution in [-0.4, -0.2) is 13.6 Å². The van der Waals surface area contributed by atoms with Gasteiger partial charge >= 0.3 is 0 Å². The molecule has 1 aliphatic carbocycles. The maximum Gasteiger partial charge on any atom is 0.0158 e. The van der Waals surface area contributed by atoms with E-state index in [4.69, 9.17) is 0 Å². The summed E-state index contributed by atoms with van der Waals surface area (Å²) in [5, 5.41) is 3.20. The molecule has 0 saturated heterocycles. The average molecular weight is 181 g/mol. The largest absolute Gasteiger partial charge is 0.316 e. The average Bonchev–Trinajstić information content (AvgIpc) is 2.33. The van der Waals surface area contributed by atoms with Crippen LogP contribution in [0.25, 0.3) is 0 Å². The molecular weight excluding hydrogens is 158 g/mol. The zero-order valence-electron chi connectivity index (χ0n) is 9.10. The van der Waals surface area contributed by atoms with Gasteiger partial charge in [-0.1, -0.05) is 37.3 Å². The smallest absolute Gasteiger partial charge is 0.0158 e. The van der Waals surface area contributed by atoms with Crippen LogP contribution in [0.1, 0.15) is 45.4 Å². The highest BCUT2D eigenvalue weighted by Crippen LogP contribution is 2.24. The van der Waals surface area contributed by atoms with Crippen molar-refractivity contribution in [2.45, 2.75) is 45.4 Å². The molecule has 76 valence electrons. The Kier molecular flexibility index (Phi) is 5.14. The molecular formula is C12H23N. The predicted molar refractivity (Wildman–Crippen MR) is 58.9 cm³/mol.